The van der Waals surface area contributed by atoms with Gasteiger partial charge >= 0.3 is 0 Å². The molecule has 6 nitrogen and oxygen atoms in total. The van der Waals surface area contributed by atoms with Crippen molar-refractivity contribution in [1.82, 2.24) is 9.88 Å². The number of hydrogen-bond acceptors (Lipinski definition) is 5. The Morgan fingerprint density at radius 1 is 1.19 bits per heavy atom. The van der Waals surface area contributed by atoms with Gasteiger partial charge in [-0.3, -0.25) is 4.79 Å². The fourth-order valence-electron chi connectivity index (χ4n) is 2.90. The minimum absolute atomic E-state index is 0.0864. The predicted molar refractivity (Wildman–Crippen MR) is 97.0 cm³/mol. The van der Waals surface area contributed by atoms with Crippen LogP contribution in [-0.4, -0.2) is 53.4 Å². The van der Waals surface area contributed by atoms with Gasteiger partial charge in [0.2, 0.25) is 5.88 Å². The summed E-state index contributed by atoms with van der Waals surface area (Å²) in [5.41, 5.74) is 1.50. The van der Waals surface area contributed by atoms with Gasteiger partial charge in [0.15, 0.2) is 0 Å². The number of aliphatic hydroxyl groups excluding tert-OH is 1. The fraction of sp³-hybridized carbons (Fsp3) is 0.400. The molecular weight excluding hydrogens is 332 g/mol. The Hall–Kier alpha value is -2.44. The van der Waals surface area contributed by atoms with Crippen molar-refractivity contribution in [3.63, 3.8) is 0 Å². The number of ether oxygens (including phenoxy) is 2. The van der Waals surface area contributed by atoms with Gasteiger partial charge in [0.25, 0.3) is 5.91 Å². The van der Waals surface area contributed by atoms with Crippen LogP contribution in [0.1, 0.15) is 28.8 Å². The van der Waals surface area contributed by atoms with Crippen molar-refractivity contribution in [2.45, 2.75) is 25.5 Å². The van der Waals surface area contributed by atoms with Gasteiger partial charge in [0, 0.05) is 38.2 Å². The van der Waals surface area contributed by atoms with E-state index in [-0.39, 0.29) is 25.2 Å². The van der Waals surface area contributed by atoms with Crippen LogP contribution in [0.5, 0.6) is 5.88 Å². The molecule has 138 valence electrons. The third-order valence-corrected chi connectivity index (χ3v) is 4.31. The van der Waals surface area contributed by atoms with Crippen molar-refractivity contribution >= 4 is 5.91 Å². The number of aliphatic hydroxyl groups is 1. The molecule has 0 aliphatic carbocycles. The van der Waals surface area contributed by atoms with Crippen LogP contribution in [0.4, 0.5) is 0 Å². The van der Waals surface area contributed by atoms with E-state index in [4.69, 9.17) is 9.47 Å². The molecule has 1 aromatic heterocycles. The maximum atomic E-state index is 12.8. The molecule has 6 heteroatoms. The van der Waals surface area contributed by atoms with Crippen molar-refractivity contribution in [2.75, 3.05) is 26.4 Å². The number of amides is 1. The monoisotopic (exact) mass is 356 g/mol. The molecule has 1 saturated heterocycles. The highest BCUT2D eigenvalue weighted by molar-refractivity contribution is 5.94. The third kappa shape index (κ3) is 5.03. The molecule has 2 heterocycles. The summed E-state index contributed by atoms with van der Waals surface area (Å²) in [7, 11) is 0. The molecule has 0 spiro atoms. The van der Waals surface area contributed by atoms with Crippen molar-refractivity contribution in [3.8, 4) is 5.88 Å². The molecule has 1 N–H and O–H groups in total. The second-order valence-corrected chi connectivity index (χ2v) is 6.25. The highest BCUT2D eigenvalue weighted by Gasteiger charge is 2.18. The second kappa shape index (κ2) is 9.31. The van der Waals surface area contributed by atoms with E-state index in [0.717, 1.165) is 18.4 Å². The highest BCUT2D eigenvalue weighted by atomic mass is 16.5. The third-order valence-electron chi connectivity index (χ3n) is 4.31. The van der Waals surface area contributed by atoms with Gasteiger partial charge in [-0.25, -0.2) is 4.98 Å². The van der Waals surface area contributed by atoms with Crippen LogP contribution in [0.25, 0.3) is 0 Å². The maximum Gasteiger partial charge on any atom is 0.255 e. The SMILES string of the molecule is O=C(c1ccc(OC2CCOCC2)nc1)N(CCO)Cc1ccccc1. The Morgan fingerprint density at radius 3 is 2.62 bits per heavy atom. The van der Waals surface area contributed by atoms with Crippen LogP contribution in [0, 0.1) is 0 Å². The van der Waals surface area contributed by atoms with Crippen LogP contribution in [0.2, 0.25) is 0 Å². The van der Waals surface area contributed by atoms with Crippen molar-refractivity contribution in [3.05, 3.63) is 59.8 Å². The van der Waals surface area contributed by atoms with E-state index in [2.05, 4.69) is 4.98 Å². The fourth-order valence-corrected chi connectivity index (χ4v) is 2.90. The summed E-state index contributed by atoms with van der Waals surface area (Å²) in [6.45, 7) is 2.04. The second-order valence-electron chi connectivity index (χ2n) is 6.25. The molecule has 3 rings (SSSR count). The lowest BCUT2D eigenvalue weighted by Crippen LogP contribution is -2.33. The zero-order valence-electron chi connectivity index (χ0n) is 14.7. The minimum atomic E-state index is -0.159. The van der Waals surface area contributed by atoms with Crippen molar-refractivity contribution < 1.29 is 19.4 Å². The number of benzene rings is 1. The number of carbonyl (C=O) groups is 1. The van der Waals surface area contributed by atoms with Crippen molar-refractivity contribution in [1.29, 1.82) is 0 Å². The lowest BCUT2D eigenvalue weighted by atomic mass is 10.1. The van der Waals surface area contributed by atoms with Gasteiger partial charge in [-0.15, -0.1) is 0 Å². The topological polar surface area (TPSA) is 71.9 Å². The lowest BCUT2D eigenvalue weighted by molar-refractivity contribution is 0.0237. The Bertz CT molecular complexity index is 685. The summed E-state index contributed by atoms with van der Waals surface area (Å²) < 4.78 is 11.2. The smallest absolute Gasteiger partial charge is 0.255 e. The summed E-state index contributed by atoms with van der Waals surface area (Å²) in [4.78, 5) is 18.6. The molecule has 1 aliphatic heterocycles. The predicted octanol–water partition coefficient (Wildman–Crippen LogP) is 2.27. The summed E-state index contributed by atoms with van der Waals surface area (Å²) in [6, 6.07) is 13.2. The summed E-state index contributed by atoms with van der Waals surface area (Å²) >= 11 is 0. The van der Waals surface area contributed by atoms with Crippen LogP contribution >= 0.6 is 0 Å². The Morgan fingerprint density at radius 2 is 1.96 bits per heavy atom. The Labute approximate surface area is 153 Å². The molecule has 1 fully saturated rings. The summed E-state index contributed by atoms with van der Waals surface area (Å²) in [5, 5.41) is 9.30. The van der Waals surface area contributed by atoms with Crippen LogP contribution in [-0.2, 0) is 11.3 Å². The number of nitrogens with zero attached hydrogens (tertiary/aromatic N) is 2. The average molecular weight is 356 g/mol. The molecule has 0 bridgehead atoms. The van der Waals surface area contributed by atoms with Gasteiger partial charge in [-0.05, 0) is 11.6 Å². The Balaban J connectivity index is 1.64. The first-order chi connectivity index (χ1) is 12.8. The van der Waals surface area contributed by atoms with Gasteiger partial charge in [0.05, 0.1) is 25.4 Å². The molecule has 0 atom stereocenters. The zero-order chi connectivity index (χ0) is 18.2. The summed E-state index contributed by atoms with van der Waals surface area (Å²) in [6.07, 6.45) is 3.35. The zero-order valence-corrected chi connectivity index (χ0v) is 14.7. The molecule has 0 saturated carbocycles. The first kappa shape index (κ1) is 18.4. The number of pyridine rings is 1. The largest absolute Gasteiger partial charge is 0.474 e. The van der Waals surface area contributed by atoms with Crippen molar-refractivity contribution in [2.24, 2.45) is 0 Å². The van der Waals surface area contributed by atoms with E-state index < -0.39 is 0 Å². The summed E-state index contributed by atoms with van der Waals surface area (Å²) in [5.74, 6) is 0.359. The molecule has 1 aromatic carbocycles. The lowest BCUT2D eigenvalue weighted by Gasteiger charge is -2.23. The van der Waals surface area contributed by atoms with Gasteiger partial charge in [0.1, 0.15) is 6.10 Å². The normalized spacial score (nSPS) is 14.8. The van der Waals surface area contributed by atoms with Gasteiger partial charge < -0.3 is 19.5 Å². The first-order valence-electron chi connectivity index (χ1n) is 8.91. The van der Waals surface area contributed by atoms with E-state index in [0.29, 0.717) is 31.2 Å². The average Bonchev–Trinajstić information content (AvgIpc) is 2.69. The molecule has 1 amide bonds. The number of rotatable bonds is 7. The quantitative estimate of drug-likeness (QED) is 0.824. The first-order valence-corrected chi connectivity index (χ1v) is 8.91. The van der Waals surface area contributed by atoms with E-state index in [1.54, 1.807) is 17.0 Å². The standard InChI is InChI=1S/C20H24N2O4/c23-11-10-22(15-16-4-2-1-3-5-16)20(24)17-6-7-19(21-14-17)26-18-8-12-25-13-9-18/h1-7,14,18,23H,8-13,15H2. The Kier molecular flexibility index (Phi) is 6.57. The van der Waals surface area contributed by atoms with E-state index in [1.165, 1.54) is 6.20 Å². The highest BCUT2D eigenvalue weighted by Crippen LogP contribution is 2.17. The molecule has 2 aromatic rings. The van der Waals surface area contributed by atoms with E-state index in [1.807, 2.05) is 30.3 Å². The van der Waals surface area contributed by atoms with Crippen LogP contribution < -0.4 is 4.74 Å². The number of carbonyl (C=O) groups excluding carboxylic acids is 1. The molecular formula is C20H24N2O4. The number of aromatic nitrogens is 1. The molecule has 0 unspecified atom stereocenters. The van der Waals surface area contributed by atoms with Crippen LogP contribution in [0.3, 0.4) is 0 Å². The molecule has 26 heavy (non-hydrogen) atoms. The van der Waals surface area contributed by atoms with E-state index >= 15 is 0 Å². The van der Waals surface area contributed by atoms with Gasteiger partial charge in [-0.1, -0.05) is 30.3 Å². The molecule has 1 aliphatic rings. The molecule has 0 radical (unpaired) electrons. The van der Waals surface area contributed by atoms with E-state index in [9.17, 15) is 9.90 Å². The van der Waals surface area contributed by atoms with Gasteiger partial charge in [-0.2, -0.15) is 0 Å². The maximum absolute atomic E-state index is 12.8. The number of hydrogen-bond donors (Lipinski definition) is 1. The minimum Gasteiger partial charge on any atom is -0.474 e. The van der Waals surface area contributed by atoms with Crippen LogP contribution in [0.15, 0.2) is 48.7 Å².